The number of aliphatic hydroxyl groups excluding tert-OH is 1. The van der Waals surface area contributed by atoms with E-state index in [1.54, 1.807) is 27.0 Å². The fourth-order valence-corrected chi connectivity index (χ4v) is 8.14. The number of fused-ring (bicyclic) bond motifs is 2. The number of ether oxygens (including phenoxy) is 6. The highest BCUT2D eigenvalue weighted by molar-refractivity contribution is 5.78. The maximum absolute atomic E-state index is 14.3. The molecule has 10 nitrogen and oxygen atoms in total. The minimum absolute atomic E-state index is 0.00594. The quantitative estimate of drug-likeness (QED) is 0.298. The molecule has 5 rings (SSSR count). The summed E-state index contributed by atoms with van der Waals surface area (Å²) in [7, 11) is 1.56. The topological polar surface area (TPSA) is 130 Å². The Hall–Kier alpha value is -2.60. The van der Waals surface area contributed by atoms with Crippen LogP contribution in [-0.4, -0.2) is 90.0 Å². The molecule has 1 spiro atoms. The predicted octanol–water partition coefficient (Wildman–Crippen LogP) is 5.28. The first-order chi connectivity index (χ1) is 23.1. The number of methoxy groups -OCH3 is 1. The SMILES string of the molecule is C/C=C(\C)[C@H]1O[C@@]2(C[C@@H]3C[C@@H](C/C=C(\C)C[C@@H](C)/C=C/C=C4\CO[C@@H]5[C@H](OC)C(C)=C[C@@H](C(=O)O3)[C@]45O)O2)[C@H](O)[C@@H](OC(=O)C(C)C)[C@@H]1C. The Balaban J connectivity index is 1.58. The molecular weight excluding hydrogens is 628 g/mol. The first-order valence-electron chi connectivity index (χ1n) is 17.8. The van der Waals surface area contributed by atoms with E-state index in [2.05, 4.69) is 26.0 Å². The van der Waals surface area contributed by atoms with Crippen molar-refractivity contribution in [3.05, 3.63) is 58.7 Å². The number of hydrogen-bond donors (Lipinski definition) is 2. The largest absolute Gasteiger partial charge is 0.462 e. The highest BCUT2D eigenvalue weighted by atomic mass is 16.7. The molecule has 0 aromatic heterocycles. The van der Waals surface area contributed by atoms with Crippen LogP contribution in [0.2, 0.25) is 0 Å². The maximum Gasteiger partial charge on any atom is 0.316 e. The van der Waals surface area contributed by atoms with Gasteiger partial charge >= 0.3 is 11.9 Å². The van der Waals surface area contributed by atoms with Crippen molar-refractivity contribution in [2.24, 2.45) is 23.7 Å². The third-order valence-electron chi connectivity index (χ3n) is 11.0. The number of esters is 2. The lowest BCUT2D eigenvalue weighted by molar-refractivity contribution is -0.380. The van der Waals surface area contributed by atoms with Crippen molar-refractivity contribution in [1.82, 2.24) is 0 Å². The molecule has 0 aromatic carbocycles. The van der Waals surface area contributed by atoms with Gasteiger partial charge in [-0.2, -0.15) is 0 Å². The summed E-state index contributed by atoms with van der Waals surface area (Å²) in [4.78, 5) is 27.2. The Morgan fingerprint density at radius 3 is 2.57 bits per heavy atom. The van der Waals surface area contributed by atoms with Gasteiger partial charge in [-0.05, 0) is 63.2 Å². The predicted molar refractivity (Wildman–Crippen MR) is 183 cm³/mol. The smallest absolute Gasteiger partial charge is 0.316 e. The van der Waals surface area contributed by atoms with E-state index in [1.165, 1.54) is 0 Å². The van der Waals surface area contributed by atoms with Crippen LogP contribution in [0.3, 0.4) is 0 Å². The molecule has 1 aliphatic carbocycles. The summed E-state index contributed by atoms with van der Waals surface area (Å²) in [5.74, 6) is -4.32. The molecule has 3 saturated heterocycles. The molecule has 272 valence electrons. The fraction of sp³-hybridized carbons (Fsp3) is 0.692. The maximum atomic E-state index is 14.3. The second kappa shape index (κ2) is 14.9. The lowest BCUT2D eigenvalue weighted by atomic mass is 9.70. The van der Waals surface area contributed by atoms with Gasteiger partial charge < -0.3 is 38.6 Å². The van der Waals surface area contributed by atoms with E-state index in [0.717, 1.165) is 23.1 Å². The number of carbonyl (C=O) groups is 2. The minimum atomic E-state index is -1.69. The molecule has 3 fully saturated rings. The van der Waals surface area contributed by atoms with Gasteiger partial charge in [0.15, 0.2) is 0 Å². The van der Waals surface area contributed by atoms with Gasteiger partial charge in [-0.15, -0.1) is 0 Å². The van der Waals surface area contributed by atoms with Gasteiger partial charge in [-0.3, -0.25) is 9.59 Å². The van der Waals surface area contributed by atoms with E-state index >= 15 is 0 Å². The zero-order chi connectivity index (χ0) is 35.8. The highest BCUT2D eigenvalue weighted by Gasteiger charge is 2.62. The van der Waals surface area contributed by atoms with Crippen molar-refractivity contribution in [1.29, 1.82) is 0 Å². The van der Waals surface area contributed by atoms with Crippen LogP contribution in [0.4, 0.5) is 0 Å². The summed E-state index contributed by atoms with van der Waals surface area (Å²) in [6.45, 7) is 15.5. The molecule has 0 radical (unpaired) electrons. The normalized spacial score (nSPS) is 44.6. The molecule has 0 unspecified atom stereocenters. The Labute approximate surface area is 291 Å². The van der Waals surface area contributed by atoms with Crippen LogP contribution in [-0.2, 0) is 38.0 Å². The molecule has 2 N–H and O–H groups in total. The van der Waals surface area contributed by atoms with Crippen molar-refractivity contribution < 1.29 is 48.2 Å². The fourth-order valence-electron chi connectivity index (χ4n) is 8.14. The summed E-state index contributed by atoms with van der Waals surface area (Å²) in [5.41, 5.74) is 1.72. The van der Waals surface area contributed by atoms with E-state index in [0.29, 0.717) is 18.4 Å². The van der Waals surface area contributed by atoms with Gasteiger partial charge in [-0.1, -0.05) is 69.7 Å². The Bertz CT molecular complexity index is 1410. The standard InChI is InChI=1S/C39H56O10/c1-10-24(6)31-26(8)33(47-36(41)21(2)3)34(40)38(49-31)19-29-18-28(48-38)15-14-23(5)16-22(4)12-11-13-27-20-45-35-32(44-9)25(7)17-30(37(42)46-29)39(27,35)43/h10-14,17,21-22,26,28-35,40,43H,15-16,18-20H2,1-9H3/b12-11+,23-14+,24-10+,27-13+/t22-,26+,28+,29-,30-,31+,32+,33-,34+,35+,38-,39+/m0/s1. The van der Waals surface area contributed by atoms with E-state index in [4.69, 9.17) is 28.4 Å². The summed E-state index contributed by atoms with van der Waals surface area (Å²) >= 11 is 0. The first kappa shape index (κ1) is 37.7. The molecule has 2 bridgehead atoms. The number of allylic oxidation sites excluding steroid dienone is 5. The summed E-state index contributed by atoms with van der Waals surface area (Å²) in [5, 5.41) is 24.5. The molecule has 0 amide bonds. The van der Waals surface area contributed by atoms with Crippen LogP contribution in [0.25, 0.3) is 0 Å². The molecule has 5 aliphatic rings. The minimum Gasteiger partial charge on any atom is -0.462 e. The van der Waals surface area contributed by atoms with E-state index in [9.17, 15) is 19.8 Å². The molecule has 12 atom stereocenters. The molecule has 0 saturated carbocycles. The second-order valence-corrected chi connectivity index (χ2v) is 15.1. The molecular formula is C39H56O10. The average Bonchev–Trinajstić information content (AvgIpc) is 3.38. The van der Waals surface area contributed by atoms with Gasteiger partial charge in [0.2, 0.25) is 5.79 Å². The van der Waals surface area contributed by atoms with Crippen LogP contribution < -0.4 is 0 Å². The van der Waals surface area contributed by atoms with Crippen LogP contribution in [0.1, 0.15) is 81.1 Å². The van der Waals surface area contributed by atoms with Crippen molar-refractivity contribution in [2.45, 2.75) is 135 Å². The first-order valence-corrected chi connectivity index (χ1v) is 17.8. The molecule has 49 heavy (non-hydrogen) atoms. The average molecular weight is 685 g/mol. The van der Waals surface area contributed by atoms with E-state index < -0.39 is 77.9 Å². The van der Waals surface area contributed by atoms with Crippen molar-refractivity contribution >= 4 is 11.9 Å². The number of hydrogen-bond acceptors (Lipinski definition) is 10. The molecule has 4 heterocycles. The number of rotatable bonds is 4. The van der Waals surface area contributed by atoms with Crippen LogP contribution in [0.15, 0.2) is 58.7 Å². The van der Waals surface area contributed by atoms with Gasteiger partial charge in [0, 0.05) is 25.9 Å². The Kier molecular flexibility index (Phi) is 11.5. The van der Waals surface area contributed by atoms with Crippen LogP contribution >= 0.6 is 0 Å². The zero-order valence-corrected chi connectivity index (χ0v) is 30.5. The van der Waals surface area contributed by atoms with Crippen molar-refractivity contribution in [2.75, 3.05) is 13.7 Å². The lowest BCUT2D eigenvalue weighted by Gasteiger charge is -2.54. The van der Waals surface area contributed by atoms with Gasteiger partial charge in [-0.25, -0.2) is 0 Å². The van der Waals surface area contributed by atoms with Crippen LogP contribution in [0.5, 0.6) is 0 Å². The third-order valence-corrected chi connectivity index (χ3v) is 11.0. The number of carbonyl (C=O) groups excluding carboxylic acids is 2. The summed E-state index contributed by atoms with van der Waals surface area (Å²) in [6.07, 6.45) is 7.91. The highest BCUT2D eigenvalue weighted by Crippen LogP contribution is 2.48. The number of aliphatic hydroxyl groups is 2. The summed E-state index contributed by atoms with van der Waals surface area (Å²) < 4.78 is 37.6. The Morgan fingerprint density at radius 1 is 1.16 bits per heavy atom. The zero-order valence-electron chi connectivity index (χ0n) is 30.5. The molecule has 4 aliphatic heterocycles. The molecule has 0 aromatic rings. The van der Waals surface area contributed by atoms with E-state index in [-0.39, 0.29) is 24.9 Å². The van der Waals surface area contributed by atoms with Crippen molar-refractivity contribution in [3.63, 3.8) is 0 Å². The van der Waals surface area contributed by atoms with Gasteiger partial charge in [0.1, 0.15) is 42.0 Å². The van der Waals surface area contributed by atoms with E-state index in [1.807, 2.05) is 45.9 Å². The monoisotopic (exact) mass is 684 g/mol. The Morgan fingerprint density at radius 2 is 1.90 bits per heavy atom. The van der Waals surface area contributed by atoms with Gasteiger partial charge in [0.25, 0.3) is 0 Å². The third kappa shape index (κ3) is 7.28. The lowest BCUT2D eigenvalue weighted by Crippen LogP contribution is -2.67. The van der Waals surface area contributed by atoms with Crippen LogP contribution in [0, 0.1) is 23.7 Å². The second-order valence-electron chi connectivity index (χ2n) is 15.1. The van der Waals surface area contributed by atoms with Crippen molar-refractivity contribution in [3.8, 4) is 0 Å². The molecule has 10 heteroatoms. The van der Waals surface area contributed by atoms with Gasteiger partial charge in [0.05, 0.1) is 24.7 Å². The summed E-state index contributed by atoms with van der Waals surface area (Å²) in [6, 6.07) is 0.